The normalized spacial score (nSPS) is 14.0. The topological polar surface area (TPSA) is 126 Å². The van der Waals surface area contributed by atoms with Gasteiger partial charge in [0.25, 0.3) is 5.91 Å². The molecule has 0 bridgehead atoms. The molecule has 1 amide bonds. The van der Waals surface area contributed by atoms with E-state index in [-0.39, 0.29) is 24.7 Å². The highest BCUT2D eigenvalue weighted by molar-refractivity contribution is 5.86. The molecule has 3 rings (SSSR count). The molecule has 1 aliphatic carbocycles. The Labute approximate surface area is 224 Å². The summed E-state index contributed by atoms with van der Waals surface area (Å²) in [5, 5.41) is 18.0. The van der Waals surface area contributed by atoms with Crippen LogP contribution in [0.2, 0.25) is 0 Å². The zero-order chi connectivity index (χ0) is 27.2. The van der Waals surface area contributed by atoms with Crippen LogP contribution >= 0.6 is 0 Å². The zero-order valence-electron chi connectivity index (χ0n) is 22.0. The molecule has 0 radical (unpaired) electrons. The first-order valence-corrected chi connectivity index (χ1v) is 13.3. The van der Waals surface area contributed by atoms with E-state index < -0.39 is 12.1 Å². The summed E-state index contributed by atoms with van der Waals surface area (Å²) >= 11 is 0. The quantitative estimate of drug-likeness (QED) is 0.182. The van der Waals surface area contributed by atoms with Gasteiger partial charge >= 0.3 is 5.97 Å². The first kappa shape index (κ1) is 29.0. The largest absolute Gasteiger partial charge is 0.497 e. The molecule has 2 aromatic carbocycles. The molecule has 9 heteroatoms. The van der Waals surface area contributed by atoms with Gasteiger partial charge in [-0.3, -0.25) is 19.7 Å². The maximum atomic E-state index is 13.1. The molecule has 1 saturated carbocycles. The number of benzene rings is 2. The van der Waals surface area contributed by atoms with Gasteiger partial charge in [-0.25, -0.2) is 0 Å². The fourth-order valence-corrected chi connectivity index (χ4v) is 4.49. The molecule has 1 unspecified atom stereocenters. The van der Waals surface area contributed by atoms with Crippen LogP contribution in [0.1, 0.15) is 50.5 Å². The van der Waals surface area contributed by atoms with Crippen LogP contribution in [0.15, 0.2) is 48.5 Å². The van der Waals surface area contributed by atoms with E-state index in [9.17, 15) is 14.4 Å². The number of Topliss-reactive ketones (excluding diaryl/α,β-unsaturated/α-hetero) is 1. The lowest BCUT2D eigenvalue weighted by atomic mass is 10.0. The Morgan fingerprint density at radius 1 is 1.00 bits per heavy atom. The molecule has 1 fully saturated rings. The molecule has 1 aliphatic rings. The number of hydrogen-bond donors (Lipinski definition) is 4. The number of rotatable bonds is 17. The average Bonchev–Trinajstić information content (AvgIpc) is 3.43. The number of anilines is 1. The van der Waals surface area contributed by atoms with E-state index >= 15 is 0 Å². The van der Waals surface area contributed by atoms with Crippen molar-refractivity contribution in [2.24, 2.45) is 5.92 Å². The average molecular weight is 526 g/mol. The Kier molecular flexibility index (Phi) is 11.9. The van der Waals surface area contributed by atoms with Crippen LogP contribution in [0.3, 0.4) is 0 Å². The predicted octanol–water partition coefficient (Wildman–Crippen LogP) is 3.77. The number of hydrogen-bond acceptors (Lipinski definition) is 7. The monoisotopic (exact) mass is 525 g/mol. The molecule has 9 nitrogen and oxygen atoms in total. The van der Waals surface area contributed by atoms with E-state index in [4.69, 9.17) is 14.6 Å². The molecule has 0 heterocycles. The lowest BCUT2D eigenvalue weighted by Crippen LogP contribution is -2.51. The number of ketones is 1. The number of methoxy groups -OCH3 is 1. The Bertz CT molecular complexity index is 1020. The van der Waals surface area contributed by atoms with Crippen LogP contribution in [0.4, 0.5) is 5.69 Å². The molecule has 2 aromatic rings. The van der Waals surface area contributed by atoms with Gasteiger partial charge in [0.05, 0.1) is 20.3 Å². The fourth-order valence-electron chi connectivity index (χ4n) is 4.49. The third kappa shape index (κ3) is 10.4. The van der Waals surface area contributed by atoms with Crippen LogP contribution in [-0.4, -0.2) is 55.7 Å². The van der Waals surface area contributed by atoms with Crippen LogP contribution in [0, 0.1) is 5.92 Å². The summed E-state index contributed by atoms with van der Waals surface area (Å²) in [4.78, 5) is 36.2. The van der Waals surface area contributed by atoms with Gasteiger partial charge in [0.15, 0.2) is 6.17 Å². The minimum absolute atomic E-state index is 0.0556. The minimum atomic E-state index is -0.851. The van der Waals surface area contributed by atoms with Gasteiger partial charge in [0.2, 0.25) is 0 Å². The molecule has 1 atom stereocenters. The highest BCUT2D eigenvalue weighted by Crippen LogP contribution is 2.27. The number of carbonyl (C=O) groups excluding carboxylic acids is 2. The van der Waals surface area contributed by atoms with Crippen LogP contribution < -0.4 is 25.4 Å². The number of amides is 1. The van der Waals surface area contributed by atoms with E-state index in [1.54, 1.807) is 31.4 Å². The number of nitrogens with one attached hydrogen (secondary N) is 3. The van der Waals surface area contributed by atoms with Crippen molar-refractivity contribution in [3.63, 3.8) is 0 Å². The van der Waals surface area contributed by atoms with E-state index in [1.807, 2.05) is 24.3 Å². The fraction of sp³-hybridized carbons (Fsp3) is 0.483. The maximum absolute atomic E-state index is 13.1. The molecule has 4 N–H and O–H groups in total. The van der Waals surface area contributed by atoms with Crippen molar-refractivity contribution in [1.82, 2.24) is 10.6 Å². The van der Waals surface area contributed by atoms with Crippen LogP contribution in [-0.2, 0) is 20.8 Å². The summed E-state index contributed by atoms with van der Waals surface area (Å²) in [5.74, 6) is 0.861. The highest BCUT2D eigenvalue weighted by atomic mass is 16.5. The van der Waals surface area contributed by atoms with Gasteiger partial charge in [0.1, 0.15) is 17.3 Å². The summed E-state index contributed by atoms with van der Waals surface area (Å²) in [6, 6.07) is 14.8. The van der Waals surface area contributed by atoms with E-state index in [0.29, 0.717) is 49.8 Å². The second-order valence-electron chi connectivity index (χ2n) is 9.61. The SMILES string of the molecule is COc1ccc(CCNC(=O)C(NCC(=O)CC2CCCC2)Nc2ccc(OCCCC(=O)O)cc2)cc1. The predicted molar refractivity (Wildman–Crippen MR) is 146 cm³/mol. The van der Waals surface area contributed by atoms with Crippen molar-refractivity contribution >= 4 is 23.3 Å². The van der Waals surface area contributed by atoms with Crippen molar-refractivity contribution in [1.29, 1.82) is 0 Å². The van der Waals surface area contributed by atoms with Crippen LogP contribution in [0.5, 0.6) is 11.5 Å². The number of carboxylic acid groups (broad SMARTS) is 1. The Balaban J connectivity index is 1.53. The molecular weight excluding hydrogens is 486 g/mol. The summed E-state index contributed by atoms with van der Waals surface area (Å²) in [7, 11) is 1.62. The highest BCUT2D eigenvalue weighted by Gasteiger charge is 2.22. The molecule has 38 heavy (non-hydrogen) atoms. The van der Waals surface area contributed by atoms with Gasteiger partial charge in [-0.1, -0.05) is 37.8 Å². The smallest absolute Gasteiger partial charge is 0.303 e. The third-order valence-corrected chi connectivity index (χ3v) is 6.60. The first-order chi connectivity index (χ1) is 18.4. The molecule has 0 saturated heterocycles. The molecule has 0 spiro atoms. The van der Waals surface area contributed by atoms with Crippen LogP contribution in [0.25, 0.3) is 0 Å². The van der Waals surface area contributed by atoms with Crippen molar-refractivity contribution < 1.29 is 29.0 Å². The lowest BCUT2D eigenvalue weighted by Gasteiger charge is -2.21. The molecule has 0 aliphatic heterocycles. The Hall–Kier alpha value is -3.59. The third-order valence-electron chi connectivity index (χ3n) is 6.60. The summed E-state index contributed by atoms with van der Waals surface area (Å²) in [6.45, 7) is 0.873. The summed E-state index contributed by atoms with van der Waals surface area (Å²) in [5.41, 5.74) is 1.77. The number of ether oxygens (including phenoxy) is 2. The van der Waals surface area contributed by atoms with Gasteiger partial charge in [0, 0.05) is 25.1 Å². The van der Waals surface area contributed by atoms with Crippen molar-refractivity contribution in [3.8, 4) is 11.5 Å². The Morgan fingerprint density at radius 3 is 2.34 bits per heavy atom. The van der Waals surface area contributed by atoms with Gasteiger partial charge < -0.3 is 25.2 Å². The maximum Gasteiger partial charge on any atom is 0.303 e. The summed E-state index contributed by atoms with van der Waals surface area (Å²) in [6.07, 6.45) is 5.47. The standard InChI is InChI=1S/C29H39N3O6/c1-37-25-12-8-21(9-13-25)16-17-30-29(36)28(31-20-24(33)19-22-5-2-3-6-22)32-23-10-14-26(15-11-23)38-18-4-7-27(34)35/h8-15,22,28,31-32H,2-7,16-20H2,1H3,(H,30,36)(H,34,35). The van der Waals surface area contributed by atoms with Crippen molar-refractivity contribution in [3.05, 3.63) is 54.1 Å². The Morgan fingerprint density at radius 2 is 1.68 bits per heavy atom. The number of carboxylic acids is 1. The van der Waals surface area contributed by atoms with Gasteiger partial charge in [-0.05, 0) is 60.7 Å². The first-order valence-electron chi connectivity index (χ1n) is 13.3. The number of aliphatic carboxylic acids is 1. The second-order valence-corrected chi connectivity index (χ2v) is 9.61. The summed E-state index contributed by atoms with van der Waals surface area (Å²) < 4.78 is 10.8. The van der Waals surface area contributed by atoms with Gasteiger partial charge in [-0.15, -0.1) is 0 Å². The van der Waals surface area contributed by atoms with Gasteiger partial charge in [-0.2, -0.15) is 0 Å². The zero-order valence-corrected chi connectivity index (χ0v) is 22.0. The van der Waals surface area contributed by atoms with E-state index in [0.717, 1.165) is 24.2 Å². The van der Waals surface area contributed by atoms with Crippen molar-refractivity contribution in [2.75, 3.05) is 32.1 Å². The molecule has 206 valence electrons. The molecule has 0 aromatic heterocycles. The van der Waals surface area contributed by atoms with E-state index in [1.165, 1.54) is 12.8 Å². The van der Waals surface area contributed by atoms with Crippen molar-refractivity contribution in [2.45, 2.75) is 57.5 Å². The lowest BCUT2D eigenvalue weighted by molar-refractivity contribution is -0.137. The number of carbonyl (C=O) groups is 3. The second kappa shape index (κ2) is 15.6. The molecular formula is C29H39N3O6. The minimum Gasteiger partial charge on any atom is -0.497 e. The van der Waals surface area contributed by atoms with E-state index in [2.05, 4.69) is 16.0 Å².